The largest absolute Gasteiger partial charge is 0.508 e. The van der Waals surface area contributed by atoms with Crippen LogP contribution in [0.5, 0.6) is 11.5 Å². The normalized spacial score (nSPS) is 17.0. The second kappa shape index (κ2) is 48.0. The fourth-order valence-electron chi connectivity index (χ4n) is 17.0. The number of aromatic nitrogens is 8. The second-order valence-electron chi connectivity index (χ2n) is 33.6. The van der Waals surface area contributed by atoms with Crippen LogP contribution in [0.1, 0.15) is 140 Å². The van der Waals surface area contributed by atoms with E-state index in [2.05, 4.69) is 186 Å². The minimum Gasteiger partial charge on any atom is -0.508 e. The van der Waals surface area contributed by atoms with Gasteiger partial charge < -0.3 is 31.5 Å². The average Bonchev–Trinajstić information content (AvgIpc) is 0.842. The highest BCUT2D eigenvalue weighted by Crippen LogP contribution is 2.28. The van der Waals surface area contributed by atoms with Crippen molar-refractivity contribution in [3.63, 3.8) is 0 Å². The van der Waals surface area contributed by atoms with Crippen molar-refractivity contribution in [3.8, 4) is 56.5 Å². The molecule has 22 heteroatoms. The van der Waals surface area contributed by atoms with Crippen molar-refractivity contribution < 1.29 is 27.8 Å². The van der Waals surface area contributed by atoms with Crippen molar-refractivity contribution >= 4 is 0 Å². The van der Waals surface area contributed by atoms with Gasteiger partial charge in [-0.2, -0.15) is 0 Å². The summed E-state index contributed by atoms with van der Waals surface area (Å²) in [4.78, 5) is 47.0. The summed E-state index contributed by atoms with van der Waals surface area (Å²) in [6.07, 6.45) is 20.4. The number of benzene rings is 8. The Morgan fingerprint density at radius 3 is 1.01 bits per heavy atom. The van der Waals surface area contributed by atoms with Gasteiger partial charge in [0.25, 0.3) is 0 Å². The van der Waals surface area contributed by atoms with Crippen LogP contribution >= 0.6 is 0 Å². The first kappa shape index (κ1) is 91.8. The number of nitrogens with zero attached hydrogens (tertiary/aromatic N) is 12. The summed E-state index contributed by atoms with van der Waals surface area (Å²) in [5.74, 6) is 1.73. The van der Waals surface area contributed by atoms with Crippen LogP contribution in [0.4, 0.5) is 17.6 Å². The van der Waals surface area contributed by atoms with E-state index in [-0.39, 0.29) is 0 Å². The van der Waals surface area contributed by atoms with Gasteiger partial charge in [-0.1, -0.05) is 117 Å². The number of aryl methyl sites for hydroxylation is 8. The van der Waals surface area contributed by atoms with Gasteiger partial charge in [0, 0.05) is 214 Å². The van der Waals surface area contributed by atoms with E-state index in [1.165, 1.54) is 76.9 Å². The number of nitrogens with one attached hydrogen (secondary N) is 4. The fraction of sp³-hybridized carbons (Fsp3) is 0.379. The third kappa shape index (κ3) is 29.9. The van der Waals surface area contributed by atoms with E-state index in [9.17, 15) is 27.8 Å². The Balaban J connectivity index is 0.000000143. The average molecular weight is 1690 g/mol. The molecule has 4 aromatic heterocycles. The molecule has 0 bridgehead atoms. The molecule has 0 saturated carbocycles. The van der Waals surface area contributed by atoms with Gasteiger partial charge in [0.2, 0.25) is 0 Å². The van der Waals surface area contributed by atoms with Crippen molar-refractivity contribution in [2.24, 2.45) is 0 Å². The van der Waals surface area contributed by atoms with Crippen LogP contribution < -0.4 is 21.3 Å². The first-order valence-electron chi connectivity index (χ1n) is 44.9. The first-order chi connectivity index (χ1) is 61.0. The molecule has 0 spiro atoms. The van der Waals surface area contributed by atoms with Gasteiger partial charge in [0.05, 0.1) is 22.8 Å². The van der Waals surface area contributed by atoms with Crippen molar-refractivity contribution in [1.82, 2.24) is 80.7 Å². The van der Waals surface area contributed by atoms with Gasteiger partial charge in [-0.15, -0.1) is 0 Å². The molecule has 4 saturated heterocycles. The van der Waals surface area contributed by atoms with Crippen LogP contribution in [-0.4, -0.2) is 172 Å². The second-order valence-corrected chi connectivity index (χ2v) is 33.6. The fourth-order valence-corrected chi connectivity index (χ4v) is 17.0. The minimum atomic E-state index is -0.539. The van der Waals surface area contributed by atoms with Gasteiger partial charge in [0.15, 0.2) is 0 Å². The number of rotatable bonds is 31. The first-order valence-corrected chi connectivity index (χ1v) is 44.9. The number of piperazine rings is 4. The number of aromatic hydroxyl groups is 2. The van der Waals surface area contributed by atoms with Crippen LogP contribution in [0.15, 0.2) is 231 Å². The highest BCUT2D eigenvalue weighted by Gasteiger charge is 2.24. The lowest BCUT2D eigenvalue weighted by molar-refractivity contribution is 0.144. The summed E-state index contributed by atoms with van der Waals surface area (Å²) in [6.45, 7) is 25.6. The molecule has 6 N–H and O–H groups in total. The third-order valence-electron chi connectivity index (χ3n) is 23.4. The molecule has 0 radical (unpaired) electrons. The predicted molar refractivity (Wildman–Crippen MR) is 492 cm³/mol. The van der Waals surface area contributed by atoms with E-state index in [0.717, 1.165) is 237 Å². The highest BCUT2D eigenvalue weighted by molar-refractivity contribution is 5.62. The lowest BCUT2D eigenvalue weighted by Gasteiger charge is -2.36. The highest BCUT2D eigenvalue weighted by atomic mass is 19.1. The van der Waals surface area contributed by atoms with E-state index >= 15 is 0 Å². The van der Waals surface area contributed by atoms with Crippen LogP contribution in [0, 0.1) is 23.3 Å². The Kier molecular flexibility index (Phi) is 35.2. The predicted octanol–water partition coefficient (Wildman–Crippen LogP) is 17.6. The standard InChI is InChI=1S/C27H34N4O.C26H32N4O.2C25H28F2N4/c1-2-5-24-19-28-16-17-31(24)20-22-7-3-8-23(18-22)26-14-15-29-27(30-26)9-4-6-21-10-12-25(32)13-11-21;1-2-23-18-27-15-16-30(23)19-21-6-3-7-22(17-21)25-13-14-28-26(29-25)8-4-5-20-9-11-24(31)12-10-20;2*1-18-16-31(11-10-28-18)17-20-5-2-6-21(12-20)24-8-9-29-25(30-24)7-3-4-19-13-22(26)15-23(27)14-19/h3,7-8,10-15,18,24,28,32H,2,4-6,9,16-17,19-20H2,1H3;3,6-7,9-14,17,23,27,31H,2,4-5,8,15-16,18-19H2,1H3;2*2,5-6,8-9,12-15,18,28H,3-4,7,10-11,16-17H2,1H3/t;;2*18-/m..10/s1. The zero-order chi connectivity index (χ0) is 86.9. The van der Waals surface area contributed by atoms with Crippen LogP contribution in [0.3, 0.4) is 0 Å². The molecule has 16 rings (SSSR count). The minimum absolute atomic E-state index is 0.309. The van der Waals surface area contributed by atoms with Crippen molar-refractivity contribution in [1.29, 1.82) is 0 Å². The number of halogens is 4. The number of hydrogen-bond acceptors (Lipinski definition) is 18. The Morgan fingerprint density at radius 2 is 0.672 bits per heavy atom. The summed E-state index contributed by atoms with van der Waals surface area (Å²) in [7, 11) is 0. The zero-order valence-electron chi connectivity index (χ0n) is 72.9. The maximum atomic E-state index is 13.3. The van der Waals surface area contributed by atoms with Crippen molar-refractivity contribution in [2.75, 3.05) is 78.5 Å². The summed E-state index contributed by atoms with van der Waals surface area (Å²) in [5, 5.41) is 32.8. The van der Waals surface area contributed by atoms with Gasteiger partial charge >= 0.3 is 0 Å². The van der Waals surface area contributed by atoms with E-state index < -0.39 is 23.3 Å². The molecule has 4 fully saturated rings. The Morgan fingerprint density at radius 1 is 0.344 bits per heavy atom. The smallest absolute Gasteiger partial charge is 0.128 e. The molecular formula is C103H122F4N16O2. The van der Waals surface area contributed by atoms with Crippen LogP contribution in [0.2, 0.25) is 0 Å². The molecule has 0 amide bonds. The van der Waals surface area contributed by atoms with Gasteiger partial charge in [-0.25, -0.2) is 57.4 Å². The van der Waals surface area contributed by atoms with Crippen molar-refractivity contribution in [3.05, 3.63) is 322 Å². The Hall–Kier alpha value is -10.9. The summed E-state index contributed by atoms with van der Waals surface area (Å²) >= 11 is 0. The molecule has 8 aromatic carbocycles. The molecule has 4 aliphatic rings. The molecule has 125 heavy (non-hydrogen) atoms. The molecule has 12 aromatic rings. The summed E-state index contributed by atoms with van der Waals surface area (Å²) < 4.78 is 53.4. The molecule has 8 heterocycles. The van der Waals surface area contributed by atoms with Crippen LogP contribution in [-0.2, 0) is 77.5 Å². The SMILES string of the molecule is CCC1CNCCN1Cc1cccc(-c2ccnc(CCCc3ccc(O)cc3)n2)c1.CCCC1CNCCN1Cc1cccc(-c2ccnc(CCCc3ccc(O)cc3)n2)c1.C[C@@H]1CN(Cc2cccc(-c3ccnc(CCCc4cc(F)cc(F)c4)n3)c2)CCN1.C[C@H]1CN(Cc2cccc(-c3ccnc(CCCc4cc(F)cc(F)c4)n3)c2)CCN1. The lowest BCUT2D eigenvalue weighted by Crippen LogP contribution is -2.50. The monoisotopic (exact) mass is 1690 g/mol. The summed E-state index contributed by atoms with van der Waals surface area (Å²) in [6, 6.07) is 66.9. The van der Waals surface area contributed by atoms with E-state index in [4.69, 9.17) is 19.9 Å². The van der Waals surface area contributed by atoms with E-state index in [1.807, 2.05) is 60.9 Å². The number of hydrogen-bond donors (Lipinski definition) is 6. The molecule has 654 valence electrons. The van der Waals surface area contributed by atoms with E-state index in [1.54, 1.807) is 36.7 Å². The molecule has 4 atom stereocenters. The van der Waals surface area contributed by atoms with Gasteiger partial charge in [-0.3, -0.25) is 19.6 Å². The maximum absolute atomic E-state index is 13.3. The third-order valence-corrected chi connectivity index (χ3v) is 23.4. The van der Waals surface area contributed by atoms with Gasteiger partial charge in [-0.05, 0) is 220 Å². The molecule has 18 nitrogen and oxygen atoms in total. The zero-order valence-corrected chi connectivity index (χ0v) is 72.9. The lowest BCUT2D eigenvalue weighted by atomic mass is 10.0. The molecule has 2 unspecified atom stereocenters. The van der Waals surface area contributed by atoms with Crippen LogP contribution in [0.25, 0.3) is 45.0 Å². The molecular weight excluding hydrogens is 1570 g/mol. The number of phenolic OH excluding ortho intramolecular Hbond substituents is 2. The number of phenols is 2. The van der Waals surface area contributed by atoms with Crippen molar-refractivity contribution in [2.45, 2.75) is 174 Å². The van der Waals surface area contributed by atoms with Gasteiger partial charge in [0.1, 0.15) is 58.1 Å². The topological polar surface area (TPSA) is 205 Å². The Labute approximate surface area is 736 Å². The quantitative estimate of drug-likeness (QED) is 0.0224. The Bertz CT molecular complexity index is 5110. The molecule has 0 aliphatic carbocycles. The molecule has 4 aliphatic heterocycles. The summed E-state index contributed by atoms with van der Waals surface area (Å²) in [5.41, 5.74) is 17.3. The maximum Gasteiger partial charge on any atom is 0.128 e. The van der Waals surface area contributed by atoms with E-state index in [0.29, 0.717) is 72.5 Å².